The van der Waals surface area contributed by atoms with Gasteiger partial charge >= 0.3 is 0 Å². The third-order valence-electron chi connectivity index (χ3n) is 4.02. The van der Waals surface area contributed by atoms with Crippen LogP contribution in [0.1, 0.15) is 0 Å². The van der Waals surface area contributed by atoms with Crippen molar-refractivity contribution in [1.82, 2.24) is 0 Å². The maximum absolute atomic E-state index is 6.04. The number of nitrogen functional groups attached to an aromatic ring is 2. The van der Waals surface area contributed by atoms with Crippen LogP contribution in [0.15, 0.2) is 84.9 Å². The van der Waals surface area contributed by atoms with E-state index in [1.807, 2.05) is 72.8 Å². The first-order valence-electron chi connectivity index (χ1n) is 8.27. The normalized spacial score (nSPS) is 10.6. The molecule has 4 aromatic rings. The quantitative estimate of drug-likeness (QED) is 0.474. The summed E-state index contributed by atoms with van der Waals surface area (Å²) in [7, 11) is 0. The van der Waals surface area contributed by atoms with Gasteiger partial charge in [0, 0.05) is 34.3 Å². The highest BCUT2D eigenvalue weighted by atomic mass is 16.5. The molecule has 4 nitrogen and oxygen atoms in total. The number of hydrogen-bond donors (Lipinski definition) is 2. The Kier molecular flexibility index (Phi) is 4.07. The van der Waals surface area contributed by atoms with Crippen LogP contribution in [-0.4, -0.2) is 0 Å². The van der Waals surface area contributed by atoms with Gasteiger partial charge in [0.05, 0.1) is 0 Å². The van der Waals surface area contributed by atoms with Crippen LogP contribution in [-0.2, 0) is 0 Å². The van der Waals surface area contributed by atoms with Gasteiger partial charge < -0.3 is 20.9 Å². The molecule has 0 unspecified atom stereocenters. The number of ether oxygens (including phenoxy) is 2. The van der Waals surface area contributed by atoms with Gasteiger partial charge in [-0.25, -0.2) is 0 Å². The van der Waals surface area contributed by atoms with E-state index in [0.29, 0.717) is 22.9 Å². The maximum Gasteiger partial charge on any atom is 0.135 e. The van der Waals surface area contributed by atoms with E-state index in [-0.39, 0.29) is 0 Å². The van der Waals surface area contributed by atoms with Crippen LogP contribution in [0, 0.1) is 0 Å². The molecule has 0 heterocycles. The Morgan fingerprint density at radius 3 is 1.38 bits per heavy atom. The minimum absolute atomic E-state index is 0.661. The predicted molar refractivity (Wildman–Crippen MR) is 106 cm³/mol. The molecule has 4 N–H and O–H groups in total. The van der Waals surface area contributed by atoms with E-state index in [4.69, 9.17) is 20.9 Å². The number of hydrogen-bond acceptors (Lipinski definition) is 4. The number of rotatable bonds is 4. The lowest BCUT2D eigenvalue weighted by molar-refractivity contribution is 0.478. The molecule has 0 bridgehead atoms. The van der Waals surface area contributed by atoms with Crippen molar-refractivity contribution in [2.24, 2.45) is 0 Å². The van der Waals surface area contributed by atoms with Crippen molar-refractivity contribution in [2.45, 2.75) is 0 Å². The van der Waals surface area contributed by atoms with Crippen molar-refractivity contribution in [1.29, 1.82) is 0 Å². The molecule has 4 rings (SSSR count). The Balaban J connectivity index is 1.73. The molecule has 128 valence electrons. The number of fused-ring (bicyclic) bond motifs is 1. The average Bonchev–Trinajstić information content (AvgIpc) is 2.64. The van der Waals surface area contributed by atoms with Crippen molar-refractivity contribution in [2.75, 3.05) is 11.5 Å². The van der Waals surface area contributed by atoms with E-state index in [1.165, 1.54) is 0 Å². The molecule has 0 spiro atoms. The summed E-state index contributed by atoms with van der Waals surface area (Å²) in [5.74, 6) is 2.87. The van der Waals surface area contributed by atoms with Crippen LogP contribution in [0.5, 0.6) is 23.0 Å². The molecule has 0 saturated heterocycles. The second-order valence-electron chi connectivity index (χ2n) is 5.96. The largest absolute Gasteiger partial charge is 0.457 e. The lowest BCUT2D eigenvalue weighted by Gasteiger charge is -2.13. The highest BCUT2D eigenvalue weighted by Gasteiger charge is 2.10. The number of anilines is 2. The monoisotopic (exact) mass is 342 g/mol. The van der Waals surface area contributed by atoms with E-state index >= 15 is 0 Å². The second-order valence-corrected chi connectivity index (χ2v) is 5.96. The fourth-order valence-corrected chi connectivity index (χ4v) is 2.83. The van der Waals surface area contributed by atoms with E-state index in [2.05, 4.69) is 0 Å². The van der Waals surface area contributed by atoms with Gasteiger partial charge in [0.15, 0.2) is 0 Å². The fourth-order valence-electron chi connectivity index (χ4n) is 2.83. The Labute approximate surface area is 151 Å². The molecule has 0 saturated carbocycles. The van der Waals surface area contributed by atoms with Crippen molar-refractivity contribution in [3.05, 3.63) is 84.9 Å². The first kappa shape index (κ1) is 15.8. The number of nitrogens with two attached hydrogens (primary N) is 2. The van der Waals surface area contributed by atoms with Gasteiger partial charge in [-0.2, -0.15) is 0 Å². The van der Waals surface area contributed by atoms with Crippen molar-refractivity contribution >= 4 is 22.1 Å². The summed E-state index contributed by atoms with van der Waals surface area (Å²) in [4.78, 5) is 0. The van der Waals surface area contributed by atoms with Gasteiger partial charge in [0.1, 0.15) is 23.0 Å². The molecule has 4 aromatic carbocycles. The van der Waals surface area contributed by atoms with Crippen LogP contribution in [0.25, 0.3) is 10.8 Å². The van der Waals surface area contributed by atoms with E-state index in [9.17, 15) is 0 Å². The summed E-state index contributed by atoms with van der Waals surface area (Å²) in [5, 5.41) is 1.91. The van der Waals surface area contributed by atoms with Gasteiger partial charge in [-0.3, -0.25) is 0 Å². The molecule has 26 heavy (non-hydrogen) atoms. The summed E-state index contributed by atoms with van der Waals surface area (Å²) >= 11 is 0. The smallest absolute Gasteiger partial charge is 0.135 e. The zero-order valence-corrected chi connectivity index (χ0v) is 14.1. The maximum atomic E-state index is 6.04. The average molecular weight is 342 g/mol. The molecular weight excluding hydrogens is 324 g/mol. The molecule has 0 aliphatic carbocycles. The van der Waals surface area contributed by atoms with E-state index in [1.54, 1.807) is 12.1 Å². The second kappa shape index (κ2) is 6.69. The third kappa shape index (κ3) is 3.26. The molecule has 4 heteroatoms. The summed E-state index contributed by atoms with van der Waals surface area (Å²) in [5.41, 5.74) is 13.0. The first-order chi connectivity index (χ1) is 12.7. The fraction of sp³-hybridized carbons (Fsp3) is 0. The highest BCUT2D eigenvalue weighted by Crippen LogP contribution is 2.37. The Hall–Kier alpha value is -3.66. The molecule has 0 aromatic heterocycles. The van der Waals surface area contributed by atoms with Crippen LogP contribution in [0.2, 0.25) is 0 Å². The molecule has 0 amide bonds. The molecule has 0 atom stereocenters. The molecule has 0 fully saturated rings. The van der Waals surface area contributed by atoms with Crippen molar-refractivity contribution in [3.63, 3.8) is 0 Å². The van der Waals surface area contributed by atoms with Gasteiger partial charge in [0.2, 0.25) is 0 Å². The van der Waals surface area contributed by atoms with E-state index in [0.717, 1.165) is 22.3 Å². The molecule has 0 aliphatic rings. The van der Waals surface area contributed by atoms with Crippen molar-refractivity contribution < 1.29 is 9.47 Å². The molecular formula is C22H18N2O2. The van der Waals surface area contributed by atoms with Gasteiger partial charge in [-0.1, -0.05) is 36.4 Å². The zero-order chi connectivity index (χ0) is 17.9. The van der Waals surface area contributed by atoms with Gasteiger partial charge in [0.25, 0.3) is 0 Å². The Bertz CT molecular complexity index is 990. The standard InChI is InChI=1S/C22H18N2O2/c23-15-5-3-7-17(13-15)25-21-11-12-22(20-10-2-1-9-19(20)21)26-18-8-4-6-16(24)14-18/h1-14H,23-24H2. The van der Waals surface area contributed by atoms with E-state index < -0.39 is 0 Å². The first-order valence-corrected chi connectivity index (χ1v) is 8.27. The highest BCUT2D eigenvalue weighted by molar-refractivity contribution is 5.93. The van der Waals surface area contributed by atoms with Crippen LogP contribution in [0.3, 0.4) is 0 Å². The molecule has 0 radical (unpaired) electrons. The Morgan fingerprint density at radius 2 is 0.962 bits per heavy atom. The third-order valence-corrected chi connectivity index (χ3v) is 4.02. The van der Waals surface area contributed by atoms with Crippen LogP contribution in [0.4, 0.5) is 11.4 Å². The van der Waals surface area contributed by atoms with Crippen molar-refractivity contribution in [3.8, 4) is 23.0 Å². The number of benzene rings is 4. The van der Waals surface area contributed by atoms with Gasteiger partial charge in [-0.05, 0) is 36.4 Å². The summed E-state index contributed by atoms with van der Waals surface area (Å²) < 4.78 is 12.1. The van der Waals surface area contributed by atoms with Crippen LogP contribution >= 0.6 is 0 Å². The summed E-state index contributed by atoms with van der Waals surface area (Å²) in [6.45, 7) is 0. The summed E-state index contributed by atoms with van der Waals surface area (Å²) in [6.07, 6.45) is 0. The zero-order valence-electron chi connectivity index (χ0n) is 14.1. The lowest BCUT2D eigenvalue weighted by atomic mass is 10.1. The minimum atomic E-state index is 0.661. The SMILES string of the molecule is Nc1cccc(Oc2ccc(Oc3cccc(N)c3)c3ccccc23)c1. The predicted octanol–water partition coefficient (Wildman–Crippen LogP) is 5.59. The molecule has 0 aliphatic heterocycles. The minimum Gasteiger partial charge on any atom is -0.457 e. The summed E-state index contributed by atoms with van der Waals surface area (Å²) in [6, 6.07) is 26.5. The Morgan fingerprint density at radius 1 is 0.500 bits per heavy atom. The lowest BCUT2D eigenvalue weighted by Crippen LogP contribution is -1.91. The van der Waals surface area contributed by atoms with Crippen LogP contribution < -0.4 is 20.9 Å². The topological polar surface area (TPSA) is 70.5 Å². The van der Waals surface area contributed by atoms with Gasteiger partial charge in [-0.15, -0.1) is 0 Å².